The van der Waals surface area contributed by atoms with E-state index in [-0.39, 0.29) is 47.8 Å². The number of carbonyl (C=O) groups is 2. The van der Waals surface area contributed by atoms with Gasteiger partial charge in [-0.25, -0.2) is 8.78 Å². The molecule has 5 rings (SSSR count). The number of aromatic nitrogens is 1. The van der Waals surface area contributed by atoms with Crippen molar-refractivity contribution in [3.05, 3.63) is 69.5 Å². The number of hydrogen-bond donors (Lipinski definition) is 1. The van der Waals surface area contributed by atoms with Crippen molar-refractivity contribution in [3.8, 4) is 0 Å². The number of carbonyl (C=O) groups excluding carboxylic acids is 1. The van der Waals surface area contributed by atoms with Gasteiger partial charge in [0, 0.05) is 23.9 Å². The highest BCUT2D eigenvalue weighted by Gasteiger charge is 2.50. The van der Waals surface area contributed by atoms with Crippen LogP contribution < -0.4 is 10.5 Å². The first-order valence-corrected chi connectivity index (χ1v) is 11.3. The monoisotopic (exact) mass is 466 g/mol. The fourth-order valence-corrected chi connectivity index (χ4v) is 4.92. The maximum atomic E-state index is 15.6. The van der Waals surface area contributed by atoms with Crippen molar-refractivity contribution in [2.75, 3.05) is 4.90 Å². The predicted molar refractivity (Wildman–Crippen MR) is 124 cm³/mol. The summed E-state index contributed by atoms with van der Waals surface area (Å²) in [5, 5.41) is 9.63. The Hall–Kier alpha value is -3.55. The molecule has 34 heavy (non-hydrogen) atoms. The molecule has 2 heterocycles. The third kappa shape index (κ3) is 3.31. The number of aryl methyl sites for hydroxylation is 1. The average Bonchev–Trinajstić information content (AvgIpc) is 3.59. The van der Waals surface area contributed by atoms with Crippen molar-refractivity contribution in [1.82, 2.24) is 4.57 Å². The molecule has 1 aliphatic heterocycles. The second-order valence-electron chi connectivity index (χ2n) is 9.57. The Bertz CT molecular complexity index is 1420. The van der Waals surface area contributed by atoms with Crippen molar-refractivity contribution >= 4 is 34.2 Å². The molecule has 8 heteroatoms. The highest BCUT2D eigenvalue weighted by molar-refractivity contribution is 6.13. The molecule has 0 unspecified atom stereocenters. The minimum Gasteiger partial charge on any atom is -0.481 e. The average molecular weight is 466 g/mol. The smallest absolute Gasteiger partial charge is 0.303 e. The summed E-state index contributed by atoms with van der Waals surface area (Å²) in [6.45, 7) is 3.19. The summed E-state index contributed by atoms with van der Waals surface area (Å²) in [5.41, 5.74) is -1.40. The van der Waals surface area contributed by atoms with E-state index in [1.165, 1.54) is 10.6 Å². The lowest BCUT2D eigenvalue weighted by Crippen LogP contribution is -2.37. The fourth-order valence-electron chi connectivity index (χ4n) is 4.92. The van der Waals surface area contributed by atoms with Gasteiger partial charge in [0.2, 0.25) is 5.91 Å². The molecule has 2 aliphatic rings. The Balaban J connectivity index is 1.73. The highest BCUT2D eigenvalue weighted by Crippen LogP contribution is 2.51. The number of fused-ring (bicyclic) bond motifs is 2. The summed E-state index contributed by atoms with van der Waals surface area (Å²) in [6.07, 6.45) is 1.62. The summed E-state index contributed by atoms with van der Waals surface area (Å²) in [6, 6.07) is 9.67. The molecule has 1 aromatic heterocycles. The van der Waals surface area contributed by atoms with Crippen LogP contribution in [0.1, 0.15) is 56.6 Å². The third-order valence-electron chi connectivity index (χ3n) is 6.82. The SMILES string of the molecule is CC1(C)C(=O)N(c2cc3ccccc3n(CCCC(=O)O)c2=O)c2c(F)cc(C3CC3)c(F)c21. The number of para-hydroxylation sites is 1. The molecule has 0 radical (unpaired) electrons. The van der Waals surface area contributed by atoms with E-state index in [0.717, 1.165) is 23.8 Å². The van der Waals surface area contributed by atoms with Crippen molar-refractivity contribution < 1.29 is 23.5 Å². The summed E-state index contributed by atoms with van der Waals surface area (Å²) in [4.78, 5) is 39.2. The van der Waals surface area contributed by atoms with Crippen molar-refractivity contribution in [2.24, 2.45) is 0 Å². The van der Waals surface area contributed by atoms with Crippen LogP contribution in [0, 0.1) is 11.6 Å². The summed E-state index contributed by atoms with van der Waals surface area (Å²) >= 11 is 0. The van der Waals surface area contributed by atoms with Gasteiger partial charge >= 0.3 is 5.97 Å². The number of pyridine rings is 1. The van der Waals surface area contributed by atoms with Crippen LogP contribution in [0.3, 0.4) is 0 Å². The lowest BCUT2D eigenvalue weighted by atomic mass is 9.84. The van der Waals surface area contributed by atoms with Gasteiger partial charge in [0.05, 0.1) is 16.6 Å². The van der Waals surface area contributed by atoms with Gasteiger partial charge in [0.1, 0.15) is 17.3 Å². The molecule has 1 N–H and O–H groups in total. The van der Waals surface area contributed by atoms with Gasteiger partial charge in [-0.05, 0) is 62.8 Å². The normalized spacial score (nSPS) is 16.8. The molecule has 2 aromatic carbocycles. The zero-order chi connectivity index (χ0) is 24.4. The van der Waals surface area contributed by atoms with Crippen molar-refractivity contribution in [3.63, 3.8) is 0 Å². The number of benzene rings is 2. The molecule has 1 fully saturated rings. The molecule has 1 amide bonds. The van der Waals surface area contributed by atoms with E-state index in [4.69, 9.17) is 5.11 Å². The van der Waals surface area contributed by atoms with Crippen LogP contribution in [-0.2, 0) is 21.5 Å². The van der Waals surface area contributed by atoms with Gasteiger partial charge in [-0.1, -0.05) is 18.2 Å². The van der Waals surface area contributed by atoms with Crippen LogP contribution in [0.2, 0.25) is 0 Å². The Morgan fingerprint density at radius 1 is 1.15 bits per heavy atom. The molecular formula is C26H24F2N2O4. The van der Waals surface area contributed by atoms with Crippen LogP contribution in [0.4, 0.5) is 20.2 Å². The fraction of sp³-hybridized carbons (Fsp3) is 0.346. The van der Waals surface area contributed by atoms with E-state index >= 15 is 8.78 Å². The maximum Gasteiger partial charge on any atom is 0.303 e. The van der Waals surface area contributed by atoms with E-state index in [1.54, 1.807) is 38.1 Å². The van der Waals surface area contributed by atoms with E-state index in [9.17, 15) is 14.4 Å². The number of halogens is 2. The van der Waals surface area contributed by atoms with Crippen LogP contribution >= 0.6 is 0 Å². The zero-order valence-electron chi connectivity index (χ0n) is 18.9. The van der Waals surface area contributed by atoms with Gasteiger partial charge in [0.15, 0.2) is 0 Å². The van der Waals surface area contributed by atoms with E-state index < -0.39 is 34.5 Å². The lowest BCUT2D eigenvalue weighted by molar-refractivity contribution is -0.137. The number of amides is 1. The molecule has 6 nitrogen and oxygen atoms in total. The molecule has 1 saturated carbocycles. The number of nitrogens with zero attached hydrogens (tertiary/aromatic N) is 2. The summed E-state index contributed by atoms with van der Waals surface area (Å²) in [5.74, 6) is -2.93. The van der Waals surface area contributed by atoms with Gasteiger partial charge in [-0.15, -0.1) is 0 Å². The van der Waals surface area contributed by atoms with Crippen molar-refractivity contribution in [1.29, 1.82) is 0 Å². The van der Waals surface area contributed by atoms with E-state index in [1.807, 2.05) is 0 Å². The highest BCUT2D eigenvalue weighted by atomic mass is 19.1. The lowest BCUT2D eigenvalue weighted by Gasteiger charge is -2.22. The zero-order valence-corrected chi connectivity index (χ0v) is 18.9. The molecule has 1 aliphatic carbocycles. The Morgan fingerprint density at radius 3 is 2.53 bits per heavy atom. The van der Waals surface area contributed by atoms with Crippen LogP contribution in [0.5, 0.6) is 0 Å². The first-order valence-electron chi connectivity index (χ1n) is 11.3. The Labute approximate surface area is 194 Å². The number of anilines is 2. The van der Waals surface area contributed by atoms with Gasteiger partial charge < -0.3 is 9.67 Å². The number of rotatable bonds is 6. The van der Waals surface area contributed by atoms with Crippen molar-refractivity contribution in [2.45, 2.75) is 57.4 Å². The largest absolute Gasteiger partial charge is 0.481 e. The minimum atomic E-state index is -1.36. The third-order valence-corrected chi connectivity index (χ3v) is 6.82. The van der Waals surface area contributed by atoms with Crippen LogP contribution in [-0.4, -0.2) is 21.6 Å². The molecule has 0 bridgehead atoms. The molecule has 0 saturated heterocycles. The summed E-state index contributed by atoms with van der Waals surface area (Å²) < 4.78 is 32.5. The van der Waals surface area contributed by atoms with Crippen LogP contribution in [0.15, 0.2) is 41.2 Å². The number of hydrogen-bond acceptors (Lipinski definition) is 3. The predicted octanol–water partition coefficient (Wildman–Crippen LogP) is 4.98. The first-order chi connectivity index (χ1) is 16.1. The second kappa shape index (κ2) is 7.75. The first kappa shape index (κ1) is 22.3. The number of aliphatic carboxylic acids is 1. The maximum absolute atomic E-state index is 15.6. The quantitative estimate of drug-likeness (QED) is 0.556. The second-order valence-corrected chi connectivity index (χ2v) is 9.57. The summed E-state index contributed by atoms with van der Waals surface area (Å²) in [7, 11) is 0. The van der Waals surface area contributed by atoms with Gasteiger partial charge in [0.25, 0.3) is 5.56 Å². The van der Waals surface area contributed by atoms with Gasteiger partial charge in [-0.3, -0.25) is 19.3 Å². The molecular weight excluding hydrogens is 442 g/mol. The molecule has 0 spiro atoms. The topological polar surface area (TPSA) is 79.6 Å². The van der Waals surface area contributed by atoms with Gasteiger partial charge in [-0.2, -0.15) is 0 Å². The Kier molecular flexibility index (Phi) is 5.07. The van der Waals surface area contributed by atoms with E-state index in [2.05, 4.69) is 0 Å². The molecule has 0 atom stereocenters. The molecule has 176 valence electrons. The van der Waals surface area contributed by atoms with Crippen LogP contribution in [0.25, 0.3) is 10.9 Å². The minimum absolute atomic E-state index is 0.0237. The number of carboxylic acid groups (broad SMARTS) is 1. The Morgan fingerprint density at radius 2 is 1.85 bits per heavy atom. The molecule has 3 aromatic rings. The number of carboxylic acids is 1. The standard InChI is InChI=1S/C26H24F2N2O4/c1-26(2)21-22(28)16(14-9-10-14)13-17(27)23(21)30(25(26)34)19-12-15-6-3-4-7-18(15)29(24(19)33)11-5-8-20(31)32/h3-4,6-7,12-14H,5,8-11H2,1-2H3,(H,31,32). The van der Waals surface area contributed by atoms with E-state index in [0.29, 0.717) is 10.9 Å².